The zero-order valence-electron chi connectivity index (χ0n) is 16.9. The van der Waals surface area contributed by atoms with E-state index in [1.807, 2.05) is 91.9 Å². The standard InChI is InChI=1S/C26H24N2O2/c1-19-12-14-20(15-13-19)23-18-27-25(30-23)17-16-24(29)28-26(21-8-4-2-5-9-21)22-10-6-3-7-11-22/h2-15,18,26H,16-17H2,1H3,(H,28,29). The lowest BCUT2D eigenvalue weighted by Gasteiger charge is -2.19. The fourth-order valence-electron chi connectivity index (χ4n) is 3.38. The molecule has 0 radical (unpaired) electrons. The van der Waals surface area contributed by atoms with E-state index in [4.69, 9.17) is 4.42 Å². The summed E-state index contributed by atoms with van der Waals surface area (Å²) in [7, 11) is 0. The number of benzene rings is 3. The van der Waals surface area contributed by atoms with E-state index in [0.717, 1.165) is 22.5 Å². The zero-order valence-corrected chi connectivity index (χ0v) is 16.9. The molecule has 4 nitrogen and oxygen atoms in total. The van der Waals surface area contributed by atoms with E-state index in [2.05, 4.69) is 10.3 Å². The molecule has 0 bridgehead atoms. The predicted octanol–water partition coefficient (Wildman–Crippen LogP) is 5.49. The van der Waals surface area contributed by atoms with Gasteiger partial charge in [0.25, 0.3) is 0 Å². The maximum absolute atomic E-state index is 12.7. The predicted molar refractivity (Wildman–Crippen MR) is 118 cm³/mol. The van der Waals surface area contributed by atoms with Gasteiger partial charge in [0.2, 0.25) is 5.91 Å². The number of nitrogens with one attached hydrogen (secondary N) is 1. The van der Waals surface area contributed by atoms with Crippen molar-refractivity contribution in [2.24, 2.45) is 0 Å². The molecule has 1 N–H and O–H groups in total. The van der Waals surface area contributed by atoms with Crippen LogP contribution in [0.3, 0.4) is 0 Å². The number of hydrogen-bond acceptors (Lipinski definition) is 3. The van der Waals surface area contributed by atoms with Gasteiger partial charge in [-0.05, 0) is 18.1 Å². The average Bonchev–Trinajstić information content (AvgIpc) is 3.27. The van der Waals surface area contributed by atoms with Gasteiger partial charge in [-0.15, -0.1) is 0 Å². The lowest BCUT2D eigenvalue weighted by Crippen LogP contribution is -2.29. The van der Waals surface area contributed by atoms with E-state index in [-0.39, 0.29) is 11.9 Å². The van der Waals surface area contributed by atoms with Gasteiger partial charge in [-0.1, -0.05) is 90.5 Å². The van der Waals surface area contributed by atoms with Gasteiger partial charge in [-0.25, -0.2) is 4.98 Å². The monoisotopic (exact) mass is 396 g/mol. The summed E-state index contributed by atoms with van der Waals surface area (Å²) in [6.07, 6.45) is 2.48. The molecule has 0 spiro atoms. The Kier molecular flexibility index (Phi) is 6.04. The molecule has 150 valence electrons. The molecular formula is C26H24N2O2. The Morgan fingerprint density at radius 1 is 0.900 bits per heavy atom. The molecule has 0 aliphatic heterocycles. The Balaban J connectivity index is 1.41. The van der Waals surface area contributed by atoms with Gasteiger partial charge in [0, 0.05) is 18.4 Å². The largest absolute Gasteiger partial charge is 0.441 e. The molecule has 30 heavy (non-hydrogen) atoms. The second-order valence-corrected chi connectivity index (χ2v) is 7.31. The Morgan fingerprint density at radius 2 is 1.50 bits per heavy atom. The van der Waals surface area contributed by atoms with Crippen LogP contribution in [0.15, 0.2) is 95.5 Å². The molecule has 4 heteroatoms. The molecule has 0 saturated heterocycles. The van der Waals surface area contributed by atoms with Crippen molar-refractivity contribution in [2.75, 3.05) is 0 Å². The number of carbonyl (C=O) groups is 1. The van der Waals surface area contributed by atoms with Gasteiger partial charge < -0.3 is 9.73 Å². The highest BCUT2D eigenvalue weighted by atomic mass is 16.4. The topological polar surface area (TPSA) is 55.1 Å². The number of aromatic nitrogens is 1. The number of carbonyl (C=O) groups excluding carboxylic acids is 1. The summed E-state index contributed by atoms with van der Waals surface area (Å²) in [6.45, 7) is 2.05. The summed E-state index contributed by atoms with van der Waals surface area (Å²) < 4.78 is 5.84. The van der Waals surface area contributed by atoms with Crippen LogP contribution in [0.25, 0.3) is 11.3 Å². The van der Waals surface area contributed by atoms with Crippen molar-refractivity contribution in [3.05, 3.63) is 114 Å². The summed E-state index contributed by atoms with van der Waals surface area (Å²) in [6, 6.07) is 27.9. The minimum Gasteiger partial charge on any atom is -0.441 e. The highest BCUT2D eigenvalue weighted by molar-refractivity contribution is 5.77. The third-order valence-electron chi connectivity index (χ3n) is 5.03. The molecule has 3 aromatic carbocycles. The van der Waals surface area contributed by atoms with E-state index in [1.165, 1.54) is 5.56 Å². The van der Waals surface area contributed by atoms with Crippen molar-refractivity contribution in [3.63, 3.8) is 0 Å². The molecule has 4 aromatic rings. The van der Waals surface area contributed by atoms with E-state index in [0.29, 0.717) is 18.7 Å². The third-order valence-corrected chi connectivity index (χ3v) is 5.03. The number of nitrogens with zero attached hydrogens (tertiary/aromatic N) is 1. The van der Waals surface area contributed by atoms with Gasteiger partial charge >= 0.3 is 0 Å². The Labute approximate surface area is 176 Å². The van der Waals surface area contributed by atoms with Gasteiger partial charge in [0.05, 0.1) is 12.2 Å². The number of aryl methyl sites for hydroxylation is 2. The SMILES string of the molecule is Cc1ccc(-c2cnc(CCC(=O)NC(c3ccccc3)c3ccccc3)o2)cc1. The molecule has 1 amide bonds. The fraction of sp³-hybridized carbons (Fsp3) is 0.154. The maximum atomic E-state index is 12.7. The molecule has 1 aromatic heterocycles. The van der Waals surface area contributed by atoms with Gasteiger partial charge in [0.1, 0.15) is 0 Å². The summed E-state index contributed by atoms with van der Waals surface area (Å²) in [4.78, 5) is 17.0. The lowest BCUT2D eigenvalue weighted by molar-refractivity contribution is -0.121. The first-order valence-corrected chi connectivity index (χ1v) is 10.1. The number of oxazole rings is 1. The van der Waals surface area contributed by atoms with Crippen LogP contribution in [0.1, 0.15) is 35.0 Å². The zero-order chi connectivity index (χ0) is 20.8. The molecular weight excluding hydrogens is 372 g/mol. The van der Waals surface area contributed by atoms with Crippen LogP contribution < -0.4 is 5.32 Å². The molecule has 4 rings (SSSR count). The molecule has 0 atom stereocenters. The first-order chi connectivity index (χ1) is 14.7. The van der Waals surface area contributed by atoms with E-state index in [1.54, 1.807) is 6.20 Å². The van der Waals surface area contributed by atoms with Crippen LogP contribution in [-0.2, 0) is 11.2 Å². The van der Waals surface area contributed by atoms with Crippen molar-refractivity contribution in [2.45, 2.75) is 25.8 Å². The second kappa shape index (κ2) is 9.23. The third kappa shape index (κ3) is 4.84. The Hall–Kier alpha value is -3.66. The summed E-state index contributed by atoms with van der Waals surface area (Å²) in [5.41, 5.74) is 4.28. The van der Waals surface area contributed by atoms with Crippen LogP contribution in [0.5, 0.6) is 0 Å². The normalized spacial score (nSPS) is 10.9. The average molecular weight is 396 g/mol. The molecule has 1 heterocycles. The smallest absolute Gasteiger partial charge is 0.221 e. The summed E-state index contributed by atoms with van der Waals surface area (Å²) in [5.74, 6) is 1.25. The van der Waals surface area contributed by atoms with Crippen molar-refractivity contribution < 1.29 is 9.21 Å². The fourth-order valence-corrected chi connectivity index (χ4v) is 3.38. The number of amides is 1. The molecule has 0 unspecified atom stereocenters. The molecule has 0 aliphatic carbocycles. The minimum absolute atomic E-state index is 0.0391. The second-order valence-electron chi connectivity index (χ2n) is 7.31. The Bertz CT molecular complexity index is 1050. The summed E-state index contributed by atoms with van der Waals surface area (Å²) >= 11 is 0. The molecule has 0 aliphatic rings. The van der Waals surface area contributed by atoms with Crippen molar-refractivity contribution in [1.82, 2.24) is 10.3 Å². The number of rotatable bonds is 7. The highest BCUT2D eigenvalue weighted by Crippen LogP contribution is 2.23. The molecule has 0 fully saturated rings. The Morgan fingerprint density at radius 3 is 2.10 bits per heavy atom. The van der Waals surface area contributed by atoms with Crippen LogP contribution in [-0.4, -0.2) is 10.9 Å². The minimum atomic E-state index is -0.187. The van der Waals surface area contributed by atoms with Crippen LogP contribution in [0.4, 0.5) is 0 Å². The van der Waals surface area contributed by atoms with E-state index < -0.39 is 0 Å². The van der Waals surface area contributed by atoms with Gasteiger partial charge in [-0.3, -0.25) is 4.79 Å². The van der Waals surface area contributed by atoms with Crippen LogP contribution >= 0.6 is 0 Å². The number of hydrogen-bond donors (Lipinski definition) is 1. The van der Waals surface area contributed by atoms with Crippen LogP contribution in [0, 0.1) is 6.92 Å². The van der Waals surface area contributed by atoms with E-state index >= 15 is 0 Å². The molecule has 0 saturated carbocycles. The highest BCUT2D eigenvalue weighted by Gasteiger charge is 2.17. The first kappa shape index (κ1) is 19.6. The quantitative estimate of drug-likeness (QED) is 0.449. The van der Waals surface area contributed by atoms with Crippen molar-refractivity contribution >= 4 is 5.91 Å². The first-order valence-electron chi connectivity index (χ1n) is 10.1. The van der Waals surface area contributed by atoms with E-state index in [9.17, 15) is 4.79 Å². The van der Waals surface area contributed by atoms with Gasteiger partial charge in [-0.2, -0.15) is 0 Å². The maximum Gasteiger partial charge on any atom is 0.221 e. The van der Waals surface area contributed by atoms with Crippen molar-refractivity contribution in [1.29, 1.82) is 0 Å². The van der Waals surface area contributed by atoms with Gasteiger partial charge in [0.15, 0.2) is 11.7 Å². The summed E-state index contributed by atoms with van der Waals surface area (Å²) in [5, 5.41) is 3.16. The lowest BCUT2D eigenvalue weighted by atomic mass is 9.98. The van der Waals surface area contributed by atoms with Crippen molar-refractivity contribution in [3.8, 4) is 11.3 Å². The van der Waals surface area contributed by atoms with Crippen LogP contribution in [0.2, 0.25) is 0 Å².